The van der Waals surface area contributed by atoms with E-state index in [1.165, 1.54) is 12.8 Å². The van der Waals surface area contributed by atoms with Gasteiger partial charge in [0.2, 0.25) is 0 Å². The summed E-state index contributed by atoms with van der Waals surface area (Å²) in [5.41, 5.74) is 8.83. The van der Waals surface area contributed by atoms with Crippen molar-refractivity contribution in [2.45, 2.75) is 39.2 Å². The topological polar surface area (TPSA) is 60.9 Å². The van der Waals surface area contributed by atoms with Gasteiger partial charge in [-0.05, 0) is 56.7 Å². The molecule has 2 aromatic carbocycles. The predicted octanol–water partition coefficient (Wildman–Crippen LogP) is 4.14. The fourth-order valence-corrected chi connectivity index (χ4v) is 4.35. The van der Waals surface area contributed by atoms with Crippen LogP contribution in [-0.2, 0) is 6.54 Å². The third-order valence-electron chi connectivity index (χ3n) is 5.81. The molecule has 1 aromatic heterocycles. The average Bonchev–Trinajstić information content (AvgIpc) is 2.71. The number of aromatic nitrogens is 2. The highest BCUT2D eigenvalue weighted by Gasteiger charge is 2.23. The zero-order chi connectivity index (χ0) is 18.8. The fraction of sp³-hybridized carbons (Fsp3) is 0.391. The van der Waals surface area contributed by atoms with E-state index < -0.39 is 0 Å². The first-order valence-corrected chi connectivity index (χ1v) is 9.92. The summed E-state index contributed by atoms with van der Waals surface area (Å²) in [7, 11) is 0. The molecule has 1 saturated carbocycles. The third kappa shape index (κ3) is 3.67. The van der Waals surface area contributed by atoms with Gasteiger partial charge in [0.1, 0.15) is 5.82 Å². The smallest absolute Gasteiger partial charge is 0.261 e. The molecule has 1 heterocycles. The van der Waals surface area contributed by atoms with E-state index in [0.29, 0.717) is 17.2 Å². The molecule has 2 atom stereocenters. The first-order valence-electron chi connectivity index (χ1n) is 9.92. The van der Waals surface area contributed by atoms with Crippen LogP contribution in [0.5, 0.6) is 0 Å². The zero-order valence-corrected chi connectivity index (χ0v) is 15.9. The van der Waals surface area contributed by atoms with Gasteiger partial charge >= 0.3 is 0 Å². The Balaban J connectivity index is 1.83. The second kappa shape index (κ2) is 7.65. The standard InChI is InChI=1S/C23H27N3O/c1-16-10-11-21-20(12-16)23(27)26(15-18-7-5-6-17(13-18)14-24)22(25-21)19-8-3-2-4-9-19/h2-4,8-12,17-18H,5-7,13-15,24H2,1H3. The molecule has 0 bridgehead atoms. The Labute approximate surface area is 160 Å². The molecule has 2 N–H and O–H groups in total. The van der Waals surface area contributed by atoms with Crippen LogP contribution < -0.4 is 11.3 Å². The van der Waals surface area contributed by atoms with Crippen molar-refractivity contribution in [1.82, 2.24) is 9.55 Å². The number of hydrogen-bond acceptors (Lipinski definition) is 3. The van der Waals surface area contributed by atoms with Crippen LogP contribution in [0.2, 0.25) is 0 Å². The molecule has 0 spiro atoms. The molecule has 0 saturated heterocycles. The van der Waals surface area contributed by atoms with E-state index >= 15 is 0 Å². The second-order valence-electron chi connectivity index (χ2n) is 7.87. The summed E-state index contributed by atoms with van der Waals surface area (Å²) in [5, 5.41) is 0.709. The number of nitrogens with zero attached hydrogens (tertiary/aromatic N) is 2. The lowest BCUT2D eigenvalue weighted by molar-refractivity contribution is 0.246. The lowest BCUT2D eigenvalue weighted by atomic mass is 9.81. The van der Waals surface area contributed by atoms with Crippen molar-refractivity contribution < 1.29 is 0 Å². The van der Waals surface area contributed by atoms with Gasteiger partial charge in [-0.2, -0.15) is 0 Å². The largest absolute Gasteiger partial charge is 0.330 e. The predicted molar refractivity (Wildman–Crippen MR) is 111 cm³/mol. The van der Waals surface area contributed by atoms with Crippen molar-refractivity contribution in [1.29, 1.82) is 0 Å². The van der Waals surface area contributed by atoms with Gasteiger partial charge in [-0.15, -0.1) is 0 Å². The van der Waals surface area contributed by atoms with Crippen molar-refractivity contribution >= 4 is 10.9 Å². The number of rotatable bonds is 4. The average molecular weight is 361 g/mol. The zero-order valence-electron chi connectivity index (χ0n) is 15.9. The first kappa shape index (κ1) is 17.9. The summed E-state index contributed by atoms with van der Waals surface area (Å²) < 4.78 is 1.90. The summed E-state index contributed by atoms with van der Waals surface area (Å²) in [5.74, 6) is 1.83. The molecule has 1 aliphatic carbocycles. The van der Waals surface area contributed by atoms with Crippen LogP contribution in [-0.4, -0.2) is 16.1 Å². The van der Waals surface area contributed by atoms with E-state index in [2.05, 4.69) is 0 Å². The van der Waals surface area contributed by atoms with Crippen LogP contribution in [0, 0.1) is 18.8 Å². The number of hydrogen-bond donors (Lipinski definition) is 1. The van der Waals surface area contributed by atoms with E-state index in [9.17, 15) is 4.79 Å². The van der Waals surface area contributed by atoms with Crippen molar-refractivity contribution in [3.8, 4) is 11.4 Å². The normalized spacial score (nSPS) is 20.1. The molecule has 4 heteroatoms. The lowest BCUT2D eigenvalue weighted by Crippen LogP contribution is -2.30. The second-order valence-corrected chi connectivity index (χ2v) is 7.87. The third-order valence-corrected chi connectivity index (χ3v) is 5.81. The molecule has 140 valence electrons. The monoisotopic (exact) mass is 361 g/mol. The van der Waals surface area contributed by atoms with E-state index in [0.717, 1.165) is 48.4 Å². The maximum atomic E-state index is 13.4. The number of fused-ring (bicyclic) bond motifs is 1. The van der Waals surface area contributed by atoms with Gasteiger partial charge in [-0.25, -0.2) is 4.98 Å². The number of aryl methyl sites for hydroxylation is 1. The highest BCUT2D eigenvalue weighted by Crippen LogP contribution is 2.30. The van der Waals surface area contributed by atoms with Crippen LogP contribution in [0.15, 0.2) is 53.3 Å². The molecule has 4 rings (SSSR count). The summed E-state index contributed by atoms with van der Waals surface area (Å²) >= 11 is 0. The number of benzene rings is 2. The summed E-state index contributed by atoms with van der Waals surface area (Å²) in [4.78, 5) is 18.3. The minimum atomic E-state index is 0.0671. The Kier molecular flexibility index (Phi) is 5.08. The van der Waals surface area contributed by atoms with E-state index in [1.54, 1.807) is 0 Å². The van der Waals surface area contributed by atoms with Gasteiger partial charge in [0.05, 0.1) is 10.9 Å². The van der Waals surface area contributed by atoms with Crippen molar-refractivity contribution in [3.63, 3.8) is 0 Å². The van der Waals surface area contributed by atoms with Crippen molar-refractivity contribution in [3.05, 3.63) is 64.4 Å². The Morgan fingerprint density at radius 2 is 1.89 bits per heavy atom. The van der Waals surface area contributed by atoms with E-state index in [1.807, 2.05) is 60.0 Å². The highest BCUT2D eigenvalue weighted by molar-refractivity contribution is 5.80. The Hall–Kier alpha value is -2.46. The quantitative estimate of drug-likeness (QED) is 0.760. The minimum Gasteiger partial charge on any atom is -0.330 e. The molecular weight excluding hydrogens is 334 g/mol. The lowest BCUT2D eigenvalue weighted by Gasteiger charge is -2.29. The van der Waals surface area contributed by atoms with Gasteiger partial charge in [0, 0.05) is 12.1 Å². The summed E-state index contributed by atoms with van der Waals surface area (Å²) in [6.07, 6.45) is 4.66. The highest BCUT2D eigenvalue weighted by atomic mass is 16.1. The summed E-state index contributed by atoms with van der Waals surface area (Å²) in [6.45, 7) is 3.48. The molecule has 0 amide bonds. The molecular formula is C23H27N3O. The SMILES string of the molecule is Cc1ccc2nc(-c3ccccc3)n(CC3CCCC(CN)C3)c(=O)c2c1. The number of nitrogens with two attached hydrogens (primary N) is 1. The van der Waals surface area contributed by atoms with Gasteiger partial charge in [-0.1, -0.05) is 48.4 Å². The van der Waals surface area contributed by atoms with E-state index in [4.69, 9.17) is 10.7 Å². The van der Waals surface area contributed by atoms with Crippen LogP contribution in [0.25, 0.3) is 22.3 Å². The summed E-state index contributed by atoms with van der Waals surface area (Å²) in [6, 6.07) is 16.0. The van der Waals surface area contributed by atoms with Gasteiger partial charge in [-0.3, -0.25) is 9.36 Å². The van der Waals surface area contributed by atoms with Crippen LogP contribution in [0.4, 0.5) is 0 Å². The molecule has 0 aliphatic heterocycles. The molecule has 1 fully saturated rings. The van der Waals surface area contributed by atoms with Crippen LogP contribution in [0.3, 0.4) is 0 Å². The molecule has 4 nitrogen and oxygen atoms in total. The van der Waals surface area contributed by atoms with Gasteiger partial charge in [0.25, 0.3) is 5.56 Å². The molecule has 3 aromatic rings. The minimum absolute atomic E-state index is 0.0671. The molecule has 27 heavy (non-hydrogen) atoms. The van der Waals surface area contributed by atoms with Gasteiger partial charge in [0.15, 0.2) is 0 Å². The Morgan fingerprint density at radius 3 is 2.67 bits per heavy atom. The maximum absolute atomic E-state index is 13.4. The first-order chi connectivity index (χ1) is 13.2. The molecule has 0 radical (unpaired) electrons. The van der Waals surface area contributed by atoms with E-state index in [-0.39, 0.29) is 5.56 Å². The van der Waals surface area contributed by atoms with Crippen LogP contribution in [0.1, 0.15) is 31.2 Å². The Morgan fingerprint density at radius 1 is 1.11 bits per heavy atom. The van der Waals surface area contributed by atoms with Crippen molar-refractivity contribution in [2.75, 3.05) is 6.54 Å². The van der Waals surface area contributed by atoms with Crippen LogP contribution >= 0.6 is 0 Å². The molecule has 2 unspecified atom stereocenters. The molecule has 1 aliphatic rings. The fourth-order valence-electron chi connectivity index (χ4n) is 4.35. The maximum Gasteiger partial charge on any atom is 0.261 e. The van der Waals surface area contributed by atoms with Gasteiger partial charge < -0.3 is 5.73 Å². The van der Waals surface area contributed by atoms with Crippen molar-refractivity contribution in [2.24, 2.45) is 17.6 Å². The Bertz CT molecular complexity index is 994.